The standard InChI is InChI=1S/C14H13N5S/c1-10-13(18-14(15)20-10)12-7-5-11(6-8-12)4-2-3-9-17-19-16/h5-8H,3,9H2,1H3,(H2,15,18). The summed E-state index contributed by atoms with van der Waals surface area (Å²) >= 11 is 1.49. The Balaban J connectivity index is 2.10. The molecule has 0 bridgehead atoms. The molecule has 100 valence electrons. The lowest BCUT2D eigenvalue weighted by Gasteiger charge is -1.98. The minimum absolute atomic E-state index is 0.402. The molecule has 5 nitrogen and oxygen atoms in total. The van der Waals surface area contributed by atoms with Crippen LogP contribution >= 0.6 is 11.3 Å². The van der Waals surface area contributed by atoms with E-state index in [2.05, 4.69) is 26.9 Å². The molecule has 1 aromatic carbocycles. The van der Waals surface area contributed by atoms with Crippen LogP contribution in [0, 0.1) is 18.8 Å². The molecule has 1 aromatic heterocycles. The number of nitrogens with two attached hydrogens (primary N) is 1. The van der Waals surface area contributed by atoms with Crippen molar-refractivity contribution >= 4 is 16.5 Å². The molecule has 0 amide bonds. The Morgan fingerprint density at radius 1 is 1.40 bits per heavy atom. The maximum Gasteiger partial charge on any atom is 0.180 e. The summed E-state index contributed by atoms with van der Waals surface area (Å²) in [7, 11) is 0. The lowest BCUT2D eigenvalue weighted by atomic mass is 10.1. The summed E-state index contributed by atoms with van der Waals surface area (Å²) in [6, 6.07) is 7.87. The van der Waals surface area contributed by atoms with Gasteiger partial charge in [-0.05, 0) is 24.6 Å². The van der Waals surface area contributed by atoms with Crippen LogP contribution < -0.4 is 5.73 Å². The molecule has 0 saturated heterocycles. The highest BCUT2D eigenvalue weighted by Crippen LogP contribution is 2.28. The number of thiazole rings is 1. The molecule has 6 heteroatoms. The van der Waals surface area contributed by atoms with Gasteiger partial charge in [0.05, 0.1) is 5.69 Å². The summed E-state index contributed by atoms with van der Waals surface area (Å²) in [5.41, 5.74) is 16.7. The molecule has 2 N–H and O–H groups in total. The quantitative estimate of drug-likeness (QED) is 0.305. The molecule has 0 atom stereocenters. The Hall–Kier alpha value is -2.48. The highest BCUT2D eigenvalue weighted by atomic mass is 32.1. The number of aryl methyl sites for hydroxylation is 1. The van der Waals surface area contributed by atoms with Gasteiger partial charge in [0.25, 0.3) is 0 Å². The maximum absolute atomic E-state index is 8.14. The van der Waals surface area contributed by atoms with E-state index in [1.165, 1.54) is 11.3 Å². The number of hydrogen-bond acceptors (Lipinski definition) is 4. The minimum Gasteiger partial charge on any atom is -0.375 e. The molecule has 0 saturated carbocycles. The van der Waals surface area contributed by atoms with E-state index in [-0.39, 0.29) is 0 Å². The predicted molar refractivity (Wildman–Crippen MR) is 82.2 cm³/mol. The maximum atomic E-state index is 8.14. The summed E-state index contributed by atoms with van der Waals surface area (Å²) in [6.07, 6.45) is 0.563. The van der Waals surface area contributed by atoms with E-state index in [4.69, 9.17) is 11.3 Å². The van der Waals surface area contributed by atoms with Crippen molar-refractivity contribution in [2.24, 2.45) is 5.11 Å². The van der Waals surface area contributed by atoms with Crippen LogP contribution in [0.25, 0.3) is 21.7 Å². The van der Waals surface area contributed by atoms with Gasteiger partial charge < -0.3 is 5.73 Å². The number of anilines is 1. The van der Waals surface area contributed by atoms with Gasteiger partial charge in [0.2, 0.25) is 0 Å². The van der Waals surface area contributed by atoms with Crippen LogP contribution in [0.15, 0.2) is 29.4 Å². The number of nitrogen functional groups attached to an aromatic ring is 1. The summed E-state index contributed by atoms with van der Waals surface area (Å²) in [6.45, 7) is 2.41. The zero-order valence-corrected chi connectivity index (χ0v) is 11.8. The van der Waals surface area contributed by atoms with Crippen molar-refractivity contribution in [3.05, 3.63) is 45.1 Å². The first kappa shape index (κ1) is 13.9. The van der Waals surface area contributed by atoms with Crippen molar-refractivity contribution < 1.29 is 0 Å². The van der Waals surface area contributed by atoms with Crippen LogP contribution in [0.4, 0.5) is 5.13 Å². The van der Waals surface area contributed by atoms with Crippen LogP contribution in [-0.4, -0.2) is 11.5 Å². The topological polar surface area (TPSA) is 87.7 Å². The molecule has 20 heavy (non-hydrogen) atoms. The first-order valence-electron chi connectivity index (χ1n) is 6.04. The molecular formula is C14H13N5S. The molecule has 0 aliphatic rings. The fourth-order valence-electron chi connectivity index (χ4n) is 1.71. The molecule has 0 radical (unpaired) electrons. The van der Waals surface area contributed by atoms with Crippen LogP contribution in [0.3, 0.4) is 0 Å². The molecular weight excluding hydrogens is 270 g/mol. The van der Waals surface area contributed by atoms with Gasteiger partial charge in [-0.15, -0.1) is 11.3 Å². The van der Waals surface area contributed by atoms with Crippen molar-refractivity contribution in [1.82, 2.24) is 4.98 Å². The molecule has 0 fully saturated rings. The van der Waals surface area contributed by atoms with Crippen molar-refractivity contribution in [2.45, 2.75) is 13.3 Å². The monoisotopic (exact) mass is 283 g/mol. The van der Waals surface area contributed by atoms with E-state index in [1.807, 2.05) is 31.2 Å². The van der Waals surface area contributed by atoms with Crippen LogP contribution in [0.1, 0.15) is 16.9 Å². The lowest BCUT2D eigenvalue weighted by molar-refractivity contribution is 1.01. The molecule has 2 aromatic rings. The van der Waals surface area contributed by atoms with Crippen LogP contribution in [0.5, 0.6) is 0 Å². The zero-order chi connectivity index (χ0) is 14.4. The highest BCUT2D eigenvalue weighted by Gasteiger charge is 2.07. The molecule has 0 spiro atoms. The van der Waals surface area contributed by atoms with Crippen LogP contribution in [0.2, 0.25) is 0 Å². The number of benzene rings is 1. The Morgan fingerprint density at radius 3 is 2.75 bits per heavy atom. The van der Waals surface area contributed by atoms with Crippen LogP contribution in [-0.2, 0) is 0 Å². The fraction of sp³-hybridized carbons (Fsp3) is 0.214. The molecule has 2 rings (SSSR count). The van der Waals surface area contributed by atoms with Gasteiger partial charge in [0.1, 0.15) is 0 Å². The van der Waals surface area contributed by atoms with Crippen molar-refractivity contribution in [3.8, 4) is 23.1 Å². The second-order valence-electron chi connectivity index (χ2n) is 4.04. The normalized spacial score (nSPS) is 9.45. The third kappa shape index (κ3) is 3.51. The zero-order valence-electron chi connectivity index (χ0n) is 11.0. The smallest absolute Gasteiger partial charge is 0.180 e. The summed E-state index contributed by atoms with van der Waals surface area (Å²) < 4.78 is 0. The van der Waals surface area contributed by atoms with Crippen molar-refractivity contribution in [1.29, 1.82) is 0 Å². The van der Waals surface area contributed by atoms with Gasteiger partial charge >= 0.3 is 0 Å². The number of azide groups is 1. The van der Waals surface area contributed by atoms with Gasteiger partial charge in [0, 0.05) is 33.9 Å². The average molecular weight is 283 g/mol. The van der Waals surface area contributed by atoms with E-state index in [9.17, 15) is 0 Å². The van der Waals surface area contributed by atoms with Crippen molar-refractivity contribution in [3.63, 3.8) is 0 Å². The fourth-order valence-corrected chi connectivity index (χ4v) is 2.42. The number of aromatic nitrogens is 1. The molecule has 0 unspecified atom stereocenters. The molecule has 0 aliphatic carbocycles. The first-order valence-corrected chi connectivity index (χ1v) is 6.85. The minimum atomic E-state index is 0.402. The molecule has 1 heterocycles. The average Bonchev–Trinajstić information content (AvgIpc) is 2.78. The Bertz CT molecular complexity index is 699. The number of hydrogen-bond donors (Lipinski definition) is 1. The van der Waals surface area contributed by atoms with Gasteiger partial charge in [-0.3, -0.25) is 0 Å². The van der Waals surface area contributed by atoms with Gasteiger partial charge in [-0.25, -0.2) is 4.98 Å². The lowest BCUT2D eigenvalue weighted by Crippen LogP contribution is -1.84. The Morgan fingerprint density at radius 2 is 2.15 bits per heavy atom. The molecule has 0 aliphatic heterocycles. The van der Waals surface area contributed by atoms with Gasteiger partial charge in [-0.2, -0.15) is 0 Å². The van der Waals surface area contributed by atoms with Gasteiger partial charge in [-0.1, -0.05) is 29.1 Å². The SMILES string of the molecule is Cc1sc(N)nc1-c1ccc(C#CCCN=[N+]=[N-])cc1. The summed E-state index contributed by atoms with van der Waals surface area (Å²) in [5, 5.41) is 4.01. The second-order valence-corrected chi connectivity index (χ2v) is 5.28. The van der Waals surface area contributed by atoms with E-state index >= 15 is 0 Å². The first-order chi connectivity index (χ1) is 9.70. The van der Waals surface area contributed by atoms with Crippen molar-refractivity contribution in [2.75, 3.05) is 12.3 Å². The van der Waals surface area contributed by atoms with E-state index in [0.29, 0.717) is 18.1 Å². The van der Waals surface area contributed by atoms with E-state index in [0.717, 1.165) is 21.7 Å². The number of nitrogens with zero attached hydrogens (tertiary/aromatic N) is 4. The highest BCUT2D eigenvalue weighted by molar-refractivity contribution is 7.15. The summed E-state index contributed by atoms with van der Waals surface area (Å²) in [5.74, 6) is 5.99. The third-order valence-corrected chi connectivity index (χ3v) is 3.40. The Kier molecular flexibility index (Phi) is 4.61. The largest absolute Gasteiger partial charge is 0.375 e. The van der Waals surface area contributed by atoms with Gasteiger partial charge in [0.15, 0.2) is 5.13 Å². The third-order valence-electron chi connectivity index (χ3n) is 2.60. The number of rotatable bonds is 3. The second kappa shape index (κ2) is 6.62. The predicted octanol–water partition coefficient (Wildman–Crippen LogP) is 3.75. The summed E-state index contributed by atoms with van der Waals surface area (Å²) in [4.78, 5) is 8.10. The Labute approximate surface area is 121 Å². The van der Waals surface area contributed by atoms with E-state index in [1.54, 1.807) is 0 Å². The van der Waals surface area contributed by atoms with E-state index < -0.39 is 0 Å².